The molecule has 0 unspecified atom stereocenters. The first-order valence-corrected chi connectivity index (χ1v) is 23.9. The number of hydrogen-bond donors (Lipinski definition) is 0. The summed E-state index contributed by atoms with van der Waals surface area (Å²) in [6.07, 6.45) is 0. The molecule has 5 nitrogen and oxygen atoms in total. The third kappa shape index (κ3) is 5.26. The van der Waals surface area contributed by atoms with Crippen molar-refractivity contribution in [3.63, 3.8) is 0 Å². The lowest BCUT2D eigenvalue weighted by molar-refractivity contribution is 0.660. The fourth-order valence-electron chi connectivity index (χ4n) is 12.3. The minimum Gasteiger partial charge on any atom is -0.456 e. The fourth-order valence-corrected chi connectivity index (χ4v) is 12.3. The van der Waals surface area contributed by atoms with Crippen molar-refractivity contribution in [2.75, 3.05) is 14.7 Å². The van der Waals surface area contributed by atoms with Crippen LogP contribution in [0.15, 0.2) is 227 Å². The number of anilines is 9. The molecule has 324 valence electrons. The van der Waals surface area contributed by atoms with Crippen LogP contribution < -0.4 is 31.1 Å². The van der Waals surface area contributed by atoms with Crippen LogP contribution in [0.25, 0.3) is 55.0 Å². The van der Waals surface area contributed by atoms with Gasteiger partial charge in [-0.05, 0) is 112 Å². The van der Waals surface area contributed by atoms with Gasteiger partial charge in [-0.15, -0.1) is 0 Å². The molecule has 12 aromatic rings. The Kier molecular flexibility index (Phi) is 7.87. The zero-order chi connectivity index (χ0) is 45.5. The molecule has 0 N–H and O–H groups in total. The van der Waals surface area contributed by atoms with Crippen molar-refractivity contribution >= 4 is 118 Å². The van der Waals surface area contributed by atoms with Crippen molar-refractivity contribution in [3.8, 4) is 11.1 Å². The maximum Gasteiger partial charge on any atom is 0.252 e. The van der Waals surface area contributed by atoms with Gasteiger partial charge in [0.1, 0.15) is 22.3 Å². The lowest BCUT2D eigenvalue weighted by atomic mass is 9.33. The summed E-state index contributed by atoms with van der Waals surface area (Å²) in [6.45, 7) is 4.64. The molecule has 0 bridgehead atoms. The van der Waals surface area contributed by atoms with Crippen molar-refractivity contribution in [2.45, 2.75) is 19.3 Å². The summed E-state index contributed by atoms with van der Waals surface area (Å²) in [7, 11) is 0. The van der Waals surface area contributed by atoms with Crippen molar-refractivity contribution in [3.05, 3.63) is 230 Å². The van der Waals surface area contributed by atoms with Gasteiger partial charge in [-0.25, -0.2) is 0 Å². The van der Waals surface area contributed by atoms with Crippen LogP contribution in [0, 0.1) is 0 Å². The molecule has 0 saturated heterocycles. The highest BCUT2D eigenvalue weighted by Gasteiger charge is 2.48. The highest BCUT2D eigenvalue weighted by atomic mass is 16.3. The van der Waals surface area contributed by atoms with E-state index in [4.69, 9.17) is 8.83 Å². The lowest BCUT2D eigenvalue weighted by Gasteiger charge is -2.46. The van der Waals surface area contributed by atoms with E-state index in [1.165, 1.54) is 44.3 Å². The van der Waals surface area contributed by atoms with Crippen LogP contribution in [0.2, 0.25) is 0 Å². The molecule has 4 heterocycles. The molecule has 2 aromatic heterocycles. The predicted molar refractivity (Wildman–Crippen MR) is 287 cm³/mol. The van der Waals surface area contributed by atoms with Crippen molar-refractivity contribution in [1.29, 1.82) is 0 Å². The zero-order valence-corrected chi connectivity index (χ0v) is 38.0. The maximum atomic E-state index is 6.76. The van der Waals surface area contributed by atoms with Gasteiger partial charge in [-0.2, -0.15) is 0 Å². The van der Waals surface area contributed by atoms with Gasteiger partial charge in [0.05, 0.1) is 27.8 Å². The molecule has 2 aliphatic heterocycles. The van der Waals surface area contributed by atoms with Crippen LogP contribution in [0.3, 0.4) is 0 Å². The monoisotopic (exact) mass is 883 g/mol. The summed E-state index contributed by atoms with van der Waals surface area (Å²) < 4.78 is 13.4. The minimum atomic E-state index is -0.205. The second-order valence-corrected chi connectivity index (χ2v) is 19.2. The van der Waals surface area contributed by atoms with Crippen LogP contribution >= 0.6 is 0 Å². The highest BCUT2D eigenvalue weighted by molar-refractivity contribution is 7.00. The number of para-hydroxylation sites is 5. The first-order valence-electron chi connectivity index (χ1n) is 23.9. The number of nitrogens with zero attached hydrogens (tertiary/aromatic N) is 3. The lowest BCUT2D eigenvalue weighted by Crippen LogP contribution is -2.61. The van der Waals surface area contributed by atoms with Crippen molar-refractivity contribution in [1.82, 2.24) is 0 Å². The number of rotatable bonds is 5. The van der Waals surface area contributed by atoms with Gasteiger partial charge < -0.3 is 23.5 Å². The second-order valence-electron chi connectivity index (χ2n) is 19.2. The molecule has 10 aromatic carbocycles. The van der Waals surface area contributed by atoms with Crippen LogP contribution in [0.5, 0.6) is 0 Å². The Morgan fingerprint density at radius 1 is 0.435 bits per heavy atom. The molecular formula is C63H42BN3O2. The molecule has 1 aliphatic carbocycles. The predicted octanol–water partition coefficient (Wildman–Crippen LogP) is 15.3. The Morgan fingerprint density at radius 2 is 0.971 bits per heavy atom. The molecule has 0 fully saturated rings. The topological polar surface area (TPSA) is 36.0 Å². The average molecular weight is 884 g/mol. The molecule has 69 heavy (non-hydrogen) atoms. The summed E-state index contributed by atoms with van der Waals surface area (Å²) in [5, 5.41) is 4.36. The first kappa shape index (κ1) is 38.4. The van der Waals surface area contributed by atoms with Crippen molar-refractivity contribution < 1.29 is 8.83 Å². The molecule has 0 atom stereocenters. The Balaban J connectivity index is 1.14. The Morgan fingerprint density at radius 3 is 1.67 bits per heavy atom. The van der Waals surface area contributed by atoms with E-state index in [1.54, 1.807) is 0 Å². The molecule has 0 spiro atoms. The van der Waals surface area contributed by atoms with Gasteiger partial charge in [-0.1, -0.05) is 153 Å². The SMILES string of the molecule is CC1(C)c2ccccc2-c2c1ccc1c2N(c2ccccc2)c2cc(N(c3ccccc3)c3cccc4oc5ccccc5c34)cc3c2B1c1ccc2oc4ccccc4c2c1N3c1ccccc1. The van der Waals surface area contributed by atoms with Gasteiger partial charge in [0.25, 0.3) is 6.71 Å². The van der Waals surface area contributed by atoms with Crippen LogP contribution in [0.1, 0.15) is 25.0 Å². The first-order chi connectivity index (χ1) is 34.0. The van der Waals surface area contributed by atoms with E-state index < -0.39 is 0 Å². The number of furan rings is 2. The molecule has 3 aliphatic rings. The van der Waals surface area contributed by atoms with E-state index in [0.717, 1.165) is 89.4 Å². The zero-order valence-electron chi connectivity index (χ0n) is 38.0. The van der Waals surface area contributed by atoms with Gasteiger partial charge in [-0.3, -0.25) is 0 Å². The van der Waals surface area contributed by atoms with Crippen LogP contribution in [-0.4, -0.2) is 6.71 Å². The quantitative estimate of drug-likeness (QED) is 0.161. The van der Waals surface area contributed by atoms with E-state index >= 15 is 0 Å². The summed E-state index contributed by atoms with van der Waals surface area (Å²) in [5.41, 5.74) is 22.2. The molecule has 0 radical (unpaired) electrons. The molecule has 6 heteroatoms. The highest BCUT2D eigenvalue weighted by Crippen LogP contribution is 2.57. The third-order valence-electron chi connectivity index (χ3n) is 15.2. The summed E-state index contributed by atoms with van der Waals surface area (Å²) in [5.74, 6) is 0. The molecule has 0 saturated carbocycles. The Bertz CT molecular complexity index is 4080. The summed E-state index contributed by atoms with van der Waals surface area (Å²) in [6, 6.07) is 79.5. The average Bonchev–Trinajstić information content (AvgIpc) is 4.05. The summed E-state index contributed by atoms with van der Waals surface area (Å²) >= 11 is 0. The molecule has 15 rings (SSSR count). The van der Waals surface area contributed by atoms with E-state index in [1.807, 2.05) is 6.07 Å². The number of fused-ring (bicyclic) bond motifs is 15. The van der Waals surface area contributed by atoms with Crippen LogP contribution in [0.4, 0.5) is 51.2 Å². The fraction of sp³-hybridized carbons (Fsp3) is 0.0476. The number of hydrogen-bond acceptors (Lipinski definition) is 5. The smallest absolute Gasteiger partial charge is 0.252 e. The van der Waals surface area contributed by atoms with Gasteiger partial charge in [0, 0.05) is 55.9 Å². The second kappa shape index (κ2) is 14.1. The van der Waals surface area contributed by atoms with Gasteiger partial charge >= 0.3 is 0 Å². The third-order valence-corrected chi connectivity index (χ3v) is 15.2. The van der Waals surface area contributed by atoms with Gasteiger partial charge in [0.15, 0.2) is 0 Å². The van der Waals surface area contributed by atoms with Crippen LogP contribution in [-0.2, 0) is 5.41 Å². The molecular weight excluding hydrogens is 842 g/mol. The van der Waals surface area contributed by atoms with E-state index in [9.17, 15) is 0 Å². The largest absolute Gasteiger partial charge is 0.456 e. The maximum absolute atomic E-state index is 6.76. The van der Waals surface area contributed by atoms with Crippen molar-refractivity contribution in [2.24, 2.45) is 0 Å². The summed E-state index contributed by atoms with van der Waals surface area (Å²) in [4.78, 5) is 7.55. The normalized spacial score (nSPS) is 14.0. The number of benzene rings is 10. The van der Waals surface area contributed by atoms with E-state index in [-0.39, 0.29) is 12.1 Å². The molecule has 0 amide bonds. The van der Waals surface area contributed by atoms with E-state index in [0.29, 0.717) is 0 Å². The van der Waals surface area contributed by atoms with E-state index in [2.05, 4.69) is 241 Å². The minimum absolute atomic E-state index is 0.125. The standard InChI is InChI=1S/C63H42BN3O2/c1-63(2)46-28-15-12-25-43(46)57-47(63)33-34-48-61(57)66(40-21-8-4-9-22-40)51-37-42(65(39-19-6-3-7-20-39)50-29-18-32-55-58(50)44-26-13-16-30-53(44)68-55)38-52-60(51)64(48)49-35-36-56-59(45-27-14-17-31-54(45)69-56)62(49)67(52)41-23-10-5-11-24-41/h3-38H,1-2H3. The Hall–Kier alpha value is -8.74. The van der Waals surface area contributed by atoms with Gasteiger partial charge in [0.2, 0.25) is 0 Å². The Labute approximate surface area is 399 Å².